The molecule has 158 valence electrons. The molecule has 0 atom stereocenters. The van der Waals surface area contributed by atoms with Crippen LogP contribution in [0.4, 0.5) is 32.0 Å². The quantitative estimate of drug-likeness (QED) is 0.675. The van der Waals surface area contributed by atoms with Gasteiger partial charge in [-0.3, -0.25) is 0 Å². The van der Waals surface area contributed by atoms with Crippen LogP contribution in [0.5, 0.6) is 0 Å². The van der Waals surface area contributed by atoms with Gasteiger partial charge in [0.25, 0.3) is 0 Å². The summed E-state index contributed by atoms with van der Waals surface area (Å²) in [7, 11) is -4.58. The predicted molar refractivity (Wildman–Crippen MR) is 93.7 cm³/mol. The Bertz CT molecular complexity index is 1030. The molecular weight excluding hydrogens is 422 g/mol. The lowest BCUT2D eigenvalue weighted by atomic mass is 9.94. The fourth-order valence-corrected chi connectivity index (χ4v) is 3.86. The van der Waals surface area contributed by atoms with E-state index in [2.05, 4.69) is 5.32 Å². The molecule has 4 nitrogen and oxygen atoms in total. The van der Waals surface area contributed by atoms with E-state index < -0.39 is 43.8 Å². The van der Waals surface area contributed by atoms with Crippen molar-refractivity contribution in [2.75, 3.05) is 11.9 Å². The van der Waals surface area contributed by atoms with Crippen LogP contribution < -0.4 is 10.5 Å². The Balaban J connectivity index is 1.85. The number of sulfonamides is 1. The maximum atomic E-state index is 13.2. The lowest BCUT2D eigenvalue weighted by Crippen LogP contribution is -2.22. The fourth-order valence-electron chi connectivity index (χ4n) is 3.12. The van der Waals surface area contributed by atoms with E-state index in [9.17, 15) is 34.8 Å². The van der Waals surface area contributed by atoms with Crippen LogP contribution in [0.1, 0.15) is 29.5 Å². The van der Waals surface area contributed by atoms with Crippen LogP contribution in [0.2, 0.25) is 0 Å². The third-order valence-corrected chi connectivity index (χ3v) is 5.85. The zero-order chi connectivity index (χ0) is 21.7. The van der Waals surface area contributed by atoms with Crippen molar-refractivity contribution in [3.8, 4) is 0 Å². The van der Waals surface area contributed by atoms with E-state index in [0.29, 0.717) is 24.5 Å². The maximum absolute atomic E-state index is 13.2. The van der Waals surface area contributed by atoms with Gasteiger partial charge in [0.05, 0.1) is 16.0 Å². The number of nitrogens with one attached hydrogen (secondary N) is 1. The van der Waals surface area contributed by atoms with Gasteiger partial charge in [-0.1, -0.05) is 18.2 Å². The lowest BCUT2D eigenvalue weighted by molar-refractivity contribution is -0.140. The third-order valence-electron chi connectivity index (χ3n) is 4.88. The van der Waals surface area contributed by atoms with Gasteiger partial charge in [-0.05, 0) is 42.7 Å². The molecule has 29 heavy (non-hydrogen) atoms. The van der Waals surface area contributed by atoms with Crippen molar-refractivity contribution in [2.24, 2.45) is 5.14 Å². The van der Waals surface area contributed by atoms with Crippen LogP contribution >= 0.6 is 0 Å². The van der Waals surface area contributed by atoms with Gasteiger partial charge < -0.3 is 5.32 Å². The van der Waals surface area contributed by atoms with E-state index in [1.807, 2.05) is 0 Å². The number of anilines is 1. The number of benzene rings is 2. The lowest BCUT2D eigenvalue weighted by Gasteiger charge is -2.20. The summed E-state index contributed by atoms with van der Waals surface area (Å²) in [6.07, 6.45) is -8.30. The van der Waals surface area contributed by atoms with Gasteiger partial charge in [-0.2, -0.15) is 26.3 Å². The molecule has 3 N–H and O–H groups in total. The second-order valence-electron chi connectivity index (χ2n) is 6.97. The molecule has 0 radical (unpaired) electrons. The van der Waals surface area contributed by atoms with Crippen molar-refractivity contribution in [3.05, 3.63) is 59.2 Å². The second-order valence-corrected chi connectivity index (χ2v) is 8.50. The Morgan fingerprint density at radius 3 is 2.14 bits per heavy atom. The van der Waals surface area contributed by atoms with Crippen LogP contribution in [-0.2, 0) is 27.8 Å². The Morgan fingerprint density at radius 2 is 1.62 bits per heavy atom. The first-order valence-corrected chi connectivity index (χ1v) is 9.93. The van der Waals surface area contributed by atoms with Gasteiger partial charge >= 0.3 is 12.4 Å². The molecule has 0 unspecified atom stereocenters. The average Bonchev–Trinajstić information content (AvgIpc) is 3.39. The van der Waals surface area contributed by atoms with E-state index in [1.165, 1.54) is 6.07 Å². The molecule has 11 heteroatoms. The monoisotopic (exact) mass is 438 g/mol. The molecule has 0 heterocycles. The SMILES string of the molecule is NS(=O)(=O)c1ccc(NCC2(c3cccc(C(F)(F)F)c3)CC2)cc1C(F)(F)F. The molecule has 3 rings (SSSR count). The summed E-state index contributed by atoms with van der Waals surface area (Å²) in [6, 6.07) is 7.36. The second kappa shape index (κ2) is 6.91. The van der Waals surface area contributed by atoms with Gasteiger partial charge in [0.1, 0.15) is 0 Å². The molecule has 1 aliphatic rings. The summed E-state index contributed by atoms with van der Waals surface area (Å²) in [5.41, 5.74) is -2.40. The number of hydrogen-bond donors (Lipinski definition) is 2. The predicted octanol–water partition coefficient (Wildman–Crippen LogP) is 4.52. The zero-order valence-corrected chi connectivity index (χ0v) is 15.5. The van der Waals surface area contributed by atoms with Crippen LogP contribution in [0.25, 0.3) is 0 Å². The minimum Gasteiger partial charge on any atom is -0.384 e. The van der Waals surface area contributed by atoms with Crippen molar-refractivity contribution in [1.29, 1.82) is 0 Å². The normalized spacial score (nSPS) is 16.5. The van der Waals surface area contributed by atoms with Gasteiger partial charge in [0.2, 0.25) is 10.0 Å². The summed E-state index contributed by atoms with van der Waals surface area (Å²) >= 11 is 0. The summed E-state index contributed by atoms with van der Waals surface area (Å²) in [6.45, 7) is 0.0975. The Hall–Kier alpha value is -2.27. The molecule has 0 amide bonds. The summed E-state index contributed by atoms with van der Waals surface area (Å²) in [5, 5.41) is 7.62. The minimum absolute atomic E-state index is 0.0111. The van der Waals surface area contributed by atoms with Crippen LogP contribution in [0.3, 0.4) is 0 Å². The third kappa shape index (κ3) is 4.67. The molecule has 1 saturated carbocycles. The van der Waals surface area contributed by atoms with Crippen molar-refractivity contribution in [2.45, 2.75) is 35.5 Å². The summed E-state index contributed by atoms with van der Waals surface area (Å²) in [4.78, 5) is -1.05. The highest BCUT2D eigenvalue weighted by Gasteiger charge is 2.45. The molecule has 0 aliphatic heterocycles. The Labute approximate surface area is 162 Å². The van der Waals surface area contributed by atoms with E-state index >= 15 is 0 Å². The first kappa shape index (κ1) is 21.4. The number of rotatable bonds is 5. The topological polar surface area (TPSA) is 72.2 Å². The molecule has 0 bridgehead atoms. The Morgan fingerprint density at radius 1 is 0.966 bits per heavy atom. The number of halogens is 6. The highest BCUT2D eigenvalue weighted by atomic mass is 32.2. The molecule has 1 aliphatic carbocycles. The maximum Gasteiger partial charge on any atom is 0.417 e. The zero-order valence-electron chi connectivity index (χ0n) is 14.7. The standard InChI is InChI=1S/C18H16F6N2O2S/c19-17(20,21)12-3-1-2-11(8-12)16(6-7-16)10-26-13-4-5-15(29(25,27)28)14(9-13)18(22,23)24/h1-5,8-9,26H,6-7,10H2,(H2,25,27,28). The van der Waals surface area contributed by atoms with Crippen LogP contribution in [0.15, 0.2) is 47.4 Å². The van der Waals surface area contributed by atoms with Crippen LogP contribution in [0, 0.1) is 0 Å². The molecule has 1 fully saturated rings. The highest BCUT2D eigenvalue weighted by Crippen LogP contribution is 2.49. The van der Waals surface area contributed by atoms with Gasteiger partial charge in [0.15, 0.2) is 0 Å². The molecule has 0 saturated heterocycles. The molecule has 0 spiro atoms. The minimum atomic E-state index is -4.95. The smallest absolute Gasteiger partial charge is 0.384 e. The van der Waals surface area contributed by atoms with Crippen molar-refractivity contribution in [1.82, 2.24) is 0 Å². The molecule has 0 aromatic heterocycles. The van der Waals surface area contributed by atoms with Gasteiger partial charge in [0, 0.05) is 17.6 Å². The van der Waals surface area contributed by atoms with E-state index in [-0.39, 0.29) is 12.2 Å². The van der Waals surface area contributed by atoms with Crippen molar-refractivity contribution >= 4 is 15.7 Å². The van der Waals surface area contributed by atoms with Crippen molar-refractivity contribution in [3.63, 3.8) is 0 Å². The van der Waals surface area contributed by atoms with Gasteiger partial charge in [-0.25, -0.2) is 13.6 Å². The van der Waals surface area contributed by atoms with Gasteiger partial charge in [-0.15, -0.1) is 0 Å². The number of hydrogen-bond acceptors (Lipinski definition) is 3. The average molecular weight is 438 g/mol. The fraction of sp³-hybridized carbons (Fsp3) is 0.333. The summed E-state index contributed by atoms with van der Waals surface area (Å²) < 4.78 is 101. The van der Waals surface area contributed by atoms with E-state index in [0.717, 1.165) is 24.3 Å². The van der Waals surface area contributed by atoms with Crippen molar-refractivity contribution < 1.29 is 34.8 Å². The molecular formula is C18H16F6N2O2S. The highest BCUT2D eigenvalue weighted by molar-refractivity contribution is 7.89. The number of nitrogens with two attached hydrogens (primary N) is 1. The first-order chi connectivity index (χ1) is 13.2. The van der Waals surface area contributed by atoms with E-state index in [1.54, 1.807) is 6.07 Å². The largest absolute Gasteiger partial charge is 0.417 e. The van der Waals surface area contributed by atoms with Crippen LogP contribution in [-0.4, -0.2) is 15.0 Å². The number of primary sulfonamides is 1. The van der Waals surface area contributed by atoms with E-state index in [4.69, 9.17) is 5.14 Å². The number of alkyl halides is 6. The molecule has 2 aromatic rings. The Kier molecular flexibility index (Phi) is 5.11. The molecule has 2 aromatic carbocycles. The first-order valence-electron chi connectivity index (χ1n) is 8.38. The summed E-state index contributed by atoms with van der Waals surface area (Å²) in [5.74, 6) is 0.